The first kappa shape index (κ1) is 50.4. The van der Waals surface area contributed by atoms with Gasteiger partial charge >= 0.3 is 0 Å². The molecule has 394 valence electrons. The van der Waals surface area contributed by atoms with Crippen LogP contribution in [-0.2, 0) is 27.1 Å². The summed E-state index contributed by atoms with van der Waals surface area (Å²) in [5.74, 6) is 0. The van der Waals surface area contributed by atoms with Gasteiger partial charge in [-0.25, -0.2) is 0 Å². The van der Waals surface area contributed by atoms with Crippen molar-refractivity contribution in [3.05, 3.63) is 221 Å². The highest BCUT2D eigenvalue weighted by Crippen LogP contribution is 2.55. The first-order chi connectivity index (χ1) is 37.9. The van der Waals surface area contributed by atoms with Gasteiger partial charge in [0.25, 0.3) is 6.71 Å². The Kier molecular flexibility index (Phi) is 10.7. The van der Waals surface area contributed by atoms with E-state index in [0.717, 1.165) is 0 Å². The Morgan fingerprint density at radius 2 is 0.688 bits per heavy atom. The number of hydrogen-bond acceptors (Lipinski definition) is 2. The van der Waals surface area contributed by atoms with Gasteiger partial charge in [-0.2, -0.15) is 0 Å². The van der Waals surface area contributed by atoms with E-state index in [2.05, 4.69) is 295 Å². The standard InChI is InChI=1S/C77H73BN2/c1-73(2,3)55-40-56(74(4,5)6)43-59(42-55)79-67-36-52-32-48-24-17-15-22-46(48)30-50(52)34-65(67)78-66-35-51-31-47-23-16-18-25-49(47)33-53(51)37-68(66)80(60-44-57(75(7,8)9)41-58(45-60)76(10,11)12)70-39-54(38-69(79)72(70)78)61-27-21-29-64-71(61)62-26-19-20-28-63(62)77(64,13)14/h15-45H,1-14H3. The van der Waals surface area contributed by atoms with Crippen LogP contribution in [0.15, 0.2) is 188 Å². The quantitative estimate of drug-likeness (QED) is 0.129. The molecule has 0 amide bonds. The monoisotopic (exact) mass is 1040 g/mol. The van der Waals surface area contributed by atoms with Crippen molar-refractivity contribution in [3.8, 4) is 22.3 Å². The van der Waals surface area contributed by atoms with Crippen LogP contribution in [-0.4, -0.2) is 6.71 Å². The Morgan fingerprint density at radius 3 is 1.10 bits per heavy atom. The molecule has 0 unspecified atom stereocenters. The van der Waals surface area contributed by atoms with Gasteiger partial charge in [-0.3, -0.25) is 0 Å². The zero-order chi connectivity index (χ0) is 55.7. The van der Waals surface area contributed by atoms with Crippen molar-refractivity contribution < 1.29 is 0 Å². The maximum atomic E-state index is 2.69. The van der Waals surface area contributed by atoms with E-state index >= 15 is 0 Å². The average molecular weight is 1040 g/mol. The zero-order valence-corrected chi connectivity index (χ0v) is 49.4. The van der Waals surface area contributed by atoms with Gasteiger partial charge in [-0.15, -0.1) is 0 Å². The van der Waals surface area contributed by atoms with Gasteiger partial charge in [0.15, 0.2) is 0 Å². The zero-order valence-electron chi connectivity index (χ0n) is 49.4. The molecular weight excluding hydrogens is 964 g/mol. The van der Waals surface area contributed by atoms with E-state index in [1.165, 1.54) is 149 Å². The highest BCUT2D eigenvalue weighted by molar-refractivity contribution is 7.00. The minimum Gasteiger partial charge on any atom is -0.311 e. The lowest BCUT2D eigenvalue weighted by Gasteiger charge is -2.45. The summed E-state index contributed by atoms with van der Waals surface area (Å²) in [6.45, 7) is 33.2. The van der Waals surface area contributed by atoms with Crippen LogP contribution in [0, 0.1) is 0 Å². The van der Waals surface area contributed by atoms with Crippen LogP contribution in [0.25, 0.3) is 65.3 Å². The normalized spacial score (nSPS) is 14.7. The number of rotatable bonds is 3. The maximum Gasteiger partial charge on any atom is 0.252 e. The number of fused-ring (bicyclic) bond motifs is 11. The van der Waals surface area contributed by atoms with Gasteiger partial charge < -0.3 is 9.80 Å². The van der Waals surface area contributed by atoms with Crippen LogP contribution in [0.4, 0.5) is 34.1 Å². The molecule has 2 heterocycles. The van der Waals surface area contributed by atoms with Crippen molar-refractivity contribution in [2.45, 2.75) is 124 Å². The fraction of sp³-hybridized carbons (Fsp3) is 0.247. The van der Waals surface area contributed by atoms with E-state index in [1.807, 2.05) is 0 Å². The van der Waals surface area contributed by atoms with Crippen LogP contribution in [0.2, 0.25) is 0 Å². The van der Waals surface area contributed by atoms with Crippen LogP contribution < -0.4 is 26.2 Å². The van der Waals surface area contributed by atoms with Crippen molar-refractivity contribution >= 4 is 100 Å². The van der Waals surface area contributed by atoms with E-state index in [4.69, 9.17) is 0 Å². The SMILES string of the molecule is CC(C)(C)c1cc(N2c3cc4cc5ccccc5cc4cc3B3c4cc5cc6ccccc6cc5cc4N(c4cc(C(C)(C)C)cc(C(C)(C)C)c4)c4cc(-c5cccc6c5-c5ccccc5C6(C)C)cc2c43)cc(C(C)(C)C)c1. The van der Waals surface area contributed by atoms with Crippen molar-refractivity contribution in [2.75, 3.05) is 9.80 Å². The molecule has 2 aliphatic heterocycles. The van der Waals surface area contributed by atoms with Gasteiger partial charge in [0, 0.05) is 39.5 Å². The summed E-state index contributed by atoms with van der Waals surface area (Å²) in [4.78, 5) is 5.39. The molecule has 0 aromatic heterocycles. The second-order valence-electron chi connectivity index (χ2n) is 28.4. The number of anilines is 6. The molecule has 0 fully saturated rings. The first-order valence-electron chi connectivity index (χ1n) is 29.2. The summed E-state index contributed by atoms with van der Waals surface area (Å²) >= 11 is 0. The second kappa shape index (κ2) is 17.1. The van der Waals surface area contributed by atoms with Gasteiger partial charge in [-0.1, -0.05) is 212 Å². The van der Waals surface area contributed by atoms with E-state index < -0.39 is 0 Å². The third kappa shape index (κ3) is 7.81. The summed E-state index contributed by atoms with van der Waals surface area (Å²) in [7, 11) is 0. The molecule has 0 saturated carbocycles. The van der Waals surface area contributed by atoms with Gasteiger partial charge in [0.2, 0.25) is 0 Å². The molecule has 14 rings (SSSR count). The molecule has 0 saturated heterocycles. The lowest BCUT2D eigenvalue weighted by Crippen LogP contribution is -2.61. The summed E-state index contributed by atoms with van der Waals surface area (Å²) in [5.41, 5.74) is 23.9. The minimum atomic E-state index is -0.157. The highest BCUT2D eigenvalue weighted by atomic mass is 15.2. The third-order valence-electron chi connectivity index (χ3n) is 18.4. The van der Waals surface area contributed by atoms with E-state index in [9.17, 15) is 0 Å². The Morgan fingerprint density at radius 1 is 0.325 bits per heavy atom. The van der Waals surface area contributed by atoms with Crippen molar-refractivity contribution in [1.82, 2.24) is 0 Å². The lowest BCUT2D eigenvalue weighted by molar-refractivity contribution is 0.568. The molecule has 0 atom stereocenters. The molecule has 0 bridgehead atoms. The number of hydrogen-bond donors (Lipinski definition) is 0. The van der Waals surface area contributed by atoms with Crippen molar-refractivity contribution in [2.24, 2.45) is 0 Å². The predicted octanol–water partition coefficient (Wildman–Crippen LogP) is 19.5. The fourth-order valence-electron chi connectivity index (χ4n) is 13.8. The molecule has 80 heavy (non-hydrogen) atoms. The van der Waals surface area contributed by atoms with E-state index in [1.54, 1.807) is 0 Å². The number of nitrogens with zero attached hydrogens (tertiary/aromatic N) is 2. The first-order valence-corrected chi connectivity index (χ1v) is 29.2. The van der Waals surface area contributed by atoms with Gasteiger partial charge in [-0.05, 0) is 210 Å². The van der Waals surface area contributed by atoms with Crippen LogP contribution >= 0.6 is 0 Å². The summed E-state index contributed by atoms with van der Waals surface area (Å²) in [6.07, 6.45) is 0. The van der Waals surface area contributed by atoms with E-state index in [0.29, 0.717) is 0 Å². The van der Waals surface area contributed by atoms with Gasteiger partial charge in [0.05, 0.1) is 0 Å². The molecule has 1 aliphatic carbocycles. The largest absolute Gasteiger partial charge is 0.311 e. The fourth-order valence-corrected chi connectivity index (χ4v) is 13.8. The summed E-state index contributed by atoms with van der Waals surface area (Å²) < 4.78 is 0. The van der Waals surface area contributed by atoms with E-state index in [-0.39, 0.29) is 33.8 Å². The molecule has 0 spiro atoms. The summed E-state index contributed by atoms with van der Waals surface area (Å²) in [6, 6.07) is 74.1. The Balaban J connectivity index is 1.19. The third-order valence-corrected chi connectivity index (χ3v) is 18.4. The lowest BCUT2D eigenvalue weighted by atomic mass is 9.33. The molecule has 2 nitrogen and oxygen atoms in total. The Bertz CT molecular complexity index is 4150. The van der Waals surface area contributed by atoms with Crippen molar-refractivity contribution in [3.63, 3.8) is 0 Å². The number of benzene rings is 11. The van der Waals surface area contributed by atoms with Crippen LogP contribution in [0.5, 0.6) is 0 Å². The molecule has 11 aromatic rings. The maximum absolute atomic E-state index is 2.69. The molecule has 0 N–H and O–H groups in total. The average Bonchev–Trinajstić information content (AvgIpc) is 3.83. The van der Waals surface area contributed by atoms with Crippen molar-refractivity contribution in [1.29, 1.82) is 0 Å². The molecule has 11 aromatic carbocycles. The van der Waals surface area contributed by atoms with Crippen LogP contribution in [0.3, 0.4) is 0 Å². The highest BCUT2D eigenvalue weighted by Gasteiger charge is 2.46. The predicted molar refractivity (Wildman–Crippen MR) is 348 cm³/mol. The molecule has 3 aliphatic rings. The topological polar surface area (TPSA) is 6.48 Å². The summed E-state index contributed by atoms with van der Waals surface area (Å²) in [5, 5.41) is 10.0. The second-order valence-corrected chi connectivity index (χ2v) is 28.4. The van der Waals surface area contributed by atoms with Gasteiger partial charge in [0.1, 0.15) is 0 Å². The molecule has 0 radical (unpaired) electrons. The Hall–Kier alpha value is -7.88. The Labute approximate surface area is 475 Å². The smallest absolute Gasteiger partial charge is 0.252 e. The molecular formula is C77H73BN2. The van der Waals surface area contributed by atoms with Crippen LogP contribution in [0.1, 0.15) is 130 Å². The minimum absolute atomic E-state index is 0.0970. The molecule has 3 heteroatoms.